The third kappa shape index (κ3) is 8.50. The third-order valence-corrected chi connectivity index (χ3v) is 6.08. The number of hydrogen-bond acceptors (Lipinski definition) is 10. The smallest absolute Gasteiger partial charge is 0.263 e. The van der Waals surface area contributed by atoms with Crippen LogP contribution in [0.3, 0.4) is 0 Å². The van der Waals surface area contributed by atoms with Crippen molar-refractivity contribution in [3.8, 4) is 11.5 Å². The number of thiocarbonyl (C=S) groups is 2. The molecule has 42 heavy (non-hydrogen) atoms. The van der Waals surface area contributed by atoms with Crippen LogP contribution in [-0.4, -0.2) is 73.5 Å². The maximum absolute atomic E-state index is 12.1. The summed E-state index contributed by atoms with van der Waals surface area (Å²) in [7, 11) is 0. The molecule has 0 spiro atoms. The molecule has 0 bridgehead atoms. The molecule has 0 unspecified atom stereocenters. The van der Waals surface area contributed by atoms with Crippen molar-refractivity contribution in [2.24, 2.45) is 0 Å². The van der Waals surface area contributed by atoms with Crippen molar-refractivity contribution in [2.45, 2.75) is 0 Å². The Morgan fingerprint density at radius 2 is 0.857 bits per heavy atom. The van der Waals surface area contributed by atoms with Crippen molar-refractivity contribution in [3.05, 3.63) is 70.8 Å². The van der Waals surface area contributed by atoms with Crippen LogP contribution in [0.15, 0.2) is 59.7 Å². The van der Waals surface area contributed by atoms with Crippen LogP contribution < -0.4 is 30.7 Å². The van der Waals surface area contributed by atoms with Crippen LogP contribution in [-0.2, 0) is 28.7 Å². The molecule has 0 aliphatic carbocycles. The fourth-order valence-electron chi connectivity index (χ4n) is 3.73. The quantitative estimate of drug-likeness (QED) is 0.112. The Morgan fingerprint density at radius 1 is 0.524 bits per heavy atom. The molecule has 0 saturated carbocycles. The first-order valence-electron chi connectivity index (χ1n) is 12.7. The second kappa shape index (κ2) is 14.9. The Bertz CT molecular complexity index is 1320. The normalized spacial score (nSPS) is 15.0. The van der Waals surface area contributed by atoms with Crippen LogP contribution in [0.1, 0.15) is 11.1 Å². The summed E-state index contributed by atoms with van der Waals surface area (Å²) in [6.07, 6.45) is 2.88. The average molecular weight is 611 g/mol. The van der Waals surface area contributed by atoms with Gasteiger partial charge in [0, 0.05) is 11.1 Å². The molecule has 2 fully saturated rings. The third-order valence-electron chi connectivity index (χ3n) is 5.67. The lowest BCUT2D eigenvalue weighted by Crippen LogP contribution is -2.51. The highest BCUT2D eigenvalue weighted by molar-refractivity contribution is 7.80. The van der Waals surface area contributed by atoms with Crippen LogP contribution >= 0.6 is 24.4 Å². The number of carbonyl (C=O) groups is 4. The van der Waals surface area contributed by atoms with Gasteiger partial charge in [0.2, 0.25) is 0 Å². The molecular weight excluding hydrogens is 584 g/mol. The van der Waals surface area contributed by atoms with Crippen molar-refractivity contribution in [1.82, 2.24) is 21.3 Å². The minimum atomic E-state index is -0.582. The number of para-hydroxylation sites is 2. The van der Waals surface area contributed by atoms with Crippen LogP contribution in [0.2, 0.25) is 0 Å². The Hall–Kier alpha value is -4.50. The molecule has 4 rings (SSSR count). The summed E-state index contributed by atoms with van der Waals surface area (Å²) < 4.78 is 22.6. The van der Waals surface area contributed by atoms with Gasteiger partial charge in [-0.3, -0.25) is 40.4 Å². The zero-order valence-corrected chi connectivity index (χ0v) is 23.7. The standard InChI is InChI=1S/C28H26N4O8S2/c33-23-19(24(34)30-27(41)29-23)15-17-5-1-3-7-21(17)39-13-11-37-9-10-38-12-14-40-22-8-4-2-6-18(22)16-20-25(35)31-28(42)32-26(20)36/h1-8,15-16H,9-14H2,(H2,29,30,33,34,41)(H2,31,32,35,36,42). The topological polar surface area (TPSA) is 153 Å². The maximum atomic E-state index is 12.1. The van der Waals surface area contributed by atoms with Gasteiger partial charge in [0.15, 0.2) is 10.2 Å². The van der Waals surface area contributed by atoms with Gasteiger partial charge in [0.1, 0.15) is 35.9 Å². The lowest BCUT2D eigenvalue weighted by Gasteiger charge is -2.17. The molecule has 12 nitrogen and oxygen atoms in total. The van der Waals surface area contributed by atoms with Gasteiger partial charge in [0.25, 0.3) is 23.6 Å². The average Bonchev–Trinajstić information content (AvgIpc) is 2.95. The minimum Gasteiger partial charge on any atom is -0.491 e. The summed E-state index contributed by atoms with van der Waals surface area (Å²) in [6.45, 7) is 1.69. The van der Waals surface area contributed by atoms with Gasteiger partial charge in [-0.2, -0.15) is 0 Å². The molecule has 2 aliphatic rings. The van der Waals surface area contributed by atoms with E-state index in [1.807, 2.05) is 0 Å². The number of hydrogen-bond donors (Lipinski definition) is 4. The monoisotopic (exact) mass is 610 g/mol. The van der Waals surface area contributed by atoms with Crippen LogP contribution in [0.5, 0.6) is 11.5 Å². The van der Waals surface area contributed by atoms with Crippen molar-refractivity contribution < 1.29 is 38.1 Å². The van der Waals surface area contributed by atoms with Crippen molar-refractivity contribution in [2.75, 3.05) is 39.6 Å². The Balaban J connectivity index is 1.14. The molecule has 2 heterocycles. The molecule has 0 aromatic heterocycles. The second-order valence-corrected chi connectivity index (χ2v) is 9.40. The van der Waals surface area contributed by atoms with E-state index in [9.17, 15) is 19.2 Å². The van der Waals surface area contributed by atoms with E-state index in [-0.39, 0.29) is 47.8 Å². The number of carbonyl (C=O) groups excluding carboxylic acids is 4. The number of amides is 4. The molecule has 0 radical (unpaired) electrons. The first-order valence-corrected chi connectivity index (χ1v) is 13.5. The van der Waals surface area contributed by atoms with E-state index >= 15 is 0 Å². The molecule has 4 amide bonds. The number of rotatable bonds is 13. The molecule has 4 N–H and O–H groups in total. The second-order valence-electron chi connectivity index (χ2n) is 8.59. The fourth-order valence-corrected chi connectivity index (χ4v) is 4.10. The lowest BCUT2D eigenvalue weighted by molar-refractivity contribution is -0.124. The predicted molar refractivity (Wildman–Crippen MR) is 159 cm³/mol. The first kappa shape index (κ1) is 30.5. The highest BCUT2D eigenvalue weighted by Crippen LogP contribution is 2.23. The number of nitrogens with one attached hydrogen (secondary N) is 4. The number of benzene rings is 2. The summed E-state index contributed by atoms with van der Waals surface area (Å²) in [4.78, 5) is 48.4. The van der Waals surface area contributed by atoms with Crippen molar-refractivity contribution >= 4 is 70.4 Å². The molecule has 14 heteroatoms. The zero-order chi connectivity index (χ0) is 29.9. The van der Waals surface area contributed by atoms with Gasteiger partial charge < -0.3 is 18.9 Å². The van der Waals surface area contributed by atoms with Crippen LogP contribution in [0.25, 0.3) is 12.2 Å². The molecule has 2 saturated heterocycles. The van der Waals surface area contributed by atoms with Gasteiger partial charge in [-0.25, -0.2) is 0 Å². The van der Waals surface area contributed by atoms with Gasteiger partial charge >= 0.3 is 0 Å². The van der Waals surface area contributed by atoms with E-state index in [1.54, 1.807) is 48.5 Å². The fraction of sp³-hybridized carbons (Fsp3) is 0.214. The molecular formula is C28H26N4O8S2. The van der Waals surface area contributed by atoms with Crippen molar-refractivity contribution in [3.63, 3.8) is 0 Å². The van der Waals surface area contributed by atoms with Gasteiger partial charge in [-0.05, 0) is 48.7 Å². The van der Waals surface area contributed by atoms with Crippen molar-refractivity contribution in [1.29, 1.82) is 0 Å². The summed E-state index contributed by atoms with van der Waals surface area (Å²) in [6, 6.07) is 14.0. The highest BCUT2D eigenvalue weighted by Gasteiger charge is 2.27. The first-order chi connectivity index (χ1) is 20.3. The highest BCUT2D eigenvalue weighted by atomic mass is 32.1. The predicted octanol–water partition coefficient (Wildman–Crippen LogP) is 1.01. The van der Waals surface area contributed by atoms with E-state index in [1.165, 1.54) is 12.2 Å². The maximum Gasteiger partial charge on any atom is 0.263 e. The van der Waals surface area contributed by atoms with E-state index in [4.69, 9.17) is 43.4 Å². The largest absolute Gasteiger partial charge is 0.491 e. The Morgan fingerprint density at radius 3 is 1.24 bits per heavy atom. The summed E-state index contributed by atoms with van der Waals surface area (Å²) >= 11 is 9.62. The van der Waals surface area contributed by atoms with Gasteiger partial charge in [0.05, 0.1) is 26.4 Å². The zero-order valence-electron chi connectivity index (χ0n) is 22.1. The van der Waals surface area contributed by atoms with E-state index < -0.39 is 23.6 Å². The van der Waals surface area contributed by atoms with E-state index in [0.29, 0.717) is 35.8 Å². The Kier molecular flexibility index (Phi) is 10.8. The van der Waals surface area contributed by atoms with Gasteiger partial charge in [-0.15, -0.1) is 0 Å². The van der Waals surface area contributed by atoms with Crippen LogP contribution in [0.4, 0.5) is 0 Å². The summed E-state index contributed by atoms with van der Waals surface area (Å²) in [5.74, 6) is -1.35. The molecule has 0 atom stereocenters. The van der Waals surface area contributed by atoms with E-state index in [2.05, 4.69) is 21.3 Å². The molecule has 2 aromatic rings. The Labute approximate surface area is 251 Å². The number of ether oxygens (including phenoxy) is 4. The molecule has 2 aromatic carbocycles. The van der Waals surface area contributed by atoms with Gasteiger partial charge in [-0.1, -0.05) is 36.4 Å². The molecule has 2 aliphatic heterocycles. The SMILES string of the molecule is O=C1NC(=S)NC(=O)C1=Cc1ccccc1OCCOCCOCCOc1ccccc1C=C1C(=O)NC(=S)NC1=O. The summed E-state index contributed by atoms with van der Waals surface area (Å²) in [5, 5.41) is 9.50. The van der Waals surface area contributed by atoms with E-state index in [0.717, 1.165) is 0 Å². The summed E-state index contributed by atoms with van der Waals surface area (Å²) in [5.41, 5.74) is 0.959. The molecule has 218 valence electrons. The minimum absolute atomic E-state index is 0.0343. The lowest BCUT2D eigenvalue weighted by atomic mass is 10.1. The van der Waals surface area contributed by atoms with Crippen LogP contribution in [0, 0.1) is 0 Å².